The molecule has 1 aliphatic heterocycles. The van der Waals surface area contributed by atoms with Crippen LogP contribution in [0.3, 0.4) is 0 Å². The number of methoxy groups -OCH3 is 1. The Hall–Kier alpha value is -4.84. The summed E-state index contributed by atoms with van der Waals surface area (Å²) in [4.78, 5) is 33.5. The Labute approximate surface area is 267 Å². The lowest BCUT2D eigenvalue weighted by molar-refractivity contribution is -0.193. The maximum Gasteiger partial charge on any atom is 0.490 e. The number of nitrogen functional groups attached to an aromatic ring is 1. The predicted octanol–water partition coefficient (Wildman–Crippen LogP) is 4.82. The second-order valence-electron chi connectivity index (χ2n) is 9.93. The molecule has 3 aromatic heterocycles. The van der Waals surface area contributed by atoms with Crippen LogP contribution >= 0.6 is 11.6 Å². The number of ether oxygens (including phenoxy) is 1. The molecule has 0 bridgehead atoms. The first-order chi connectivity index (χ1) is 21.9. The molecular weight excluding hydrogens is 664 g/mol. The zero-order valence-electron chi connectivity index (χ0n) is 24.4. The monoisotopic (exact) mass is 691 g/mol. The van der Waals surface area contributed by atoms with Gasteiger partial charge in [-0.05, 0) is 42.7 Å². The van der Waals surface area contributed by atoms with Crippen molar-refractivity contribution in [1.82, 2.24) is 19.4 Å². The Kier molecular flexibility index (Phi) is 11.8. The molecule has 0 saturated carbocycles. The largest absolute Gasteiger partial charge is 0.497 e. The van der Waals surface area contributed by atoms with Crippen LogP contribution in [0.5, 0.6) is 5.75 Å². The number of anilines is 2. The number of carbonyl (C=O) groups is 2. The highest BCUT2D eigenvalue weighted by Gasteiger charge is 2.38. The van der Waals surface area contributed by atoms with Crippen molar-refractivity contribution in [2.45, 2.75) is 37.7 Å². The van der Waals surface area contributed by atoms with Crippen LogP contribution in [0.15, 0.2) is 49.1 Å². The van der Waals surface area contributed by atoms with Crippen LogP contribution in [0.25, 0.3) is 16.9 Å². The number of alkyl halides is 6. The number of benzene rings is 1. The van der Waals surface area contributed by atoms with Gasteiger partial charge < -0.3 is 31.3 Å². The van der Waals surface area contributed by atoms with Crippen molar-refractivity contribution in [3.8, 4) is 17.0 Å². The fourth-order valence-electron chi connectivity index (χ4n) is 4.44. The van der Waals surface area contributed by atoms with Crippen LogP contribution in [0.4, 0.5) is 37.8 Å². The highest BCUT2D eigenvalue weighted by atomic mass is 35.5. The second-order valence-corrected chi connectivity index (χ2v) is 10.3. The summed E-state index contributed by atoms with van der Waals surface area (Å²) < 4.78 is 70.7. The molecular formula is C28H28ClF6N7O5. The number of imidazole rings is 1. The van der Waals surface area contributed by atoms with Gasteiger partial charge in [0.2, 0.25) is 0 Å². The van der Waals surface area contributed by atoms with E-state index in [9.17, 15) is 26.3 Å². The van der Waals surface area contributed by atoms with Crippen molar-refractivity contribution in [3.05, 3.63) is 65.3 Å². The van der Waals surface area contributed by atoms with Crippen LogP contribution in [-0.4, -0.2) is 80.1 Å². The number of carboxylic acids is 2. The number of aliphatic carboxylic acids is 2. The quantitative estimate of drug-likeness (QED) is 0.211. The molecule has 1 saturated heterocycles. The summed E-state index contributed by atoms with van der Waals surface area (Å²) in [6, 6.07) is 7.89. The second kappa shape index (κ2) is 15.2. The lowest BCUT2D eigenvalue weighted by atomic mass is 10.0. The molecule has 19 heteroatoms. The van der Waals surface area contributed by atoms with E-state index < -0.39 is 24.3 Å². The molecule has 0 unspecified atom stereocenters. The van der Waals surface area contributed by atoms with Crippen molar-refractivity contribution >= 4 is 40.7 Å². The number of pyridine rings is 1. The summed E-state index contributed by atoms with van der Waals surface area (Å²) in [5.74, 6) is -4.40. The van der Waals surface area contributed by atoms with E-state index in [1.54, 1.807) is 19.4 Å². The summed E-state index contributed by atoms with van der Waals surface area (Å²) in [5, 5.41) is 14.8. The van der Waals surface area contributed by atoms with Crippen molar-refractivity contribution in [3.63, 3.8) is 0 Å². The minimum Gasteiger partial charge on any atom is -0.497 e. The number of nitrogens with zero attached hydrogens (tertiary/aromatic N) is 5. The average molecular weight is 692 g/mol. The molecule has 1 atom stereocenters. The van der Waals surface area contributed by atoms with Gasteiger partial charge >= 0.3 is 24.3 Å². The molecule has 0 amide bonds. The van der Waals surface area contributed by atoms with Gasteiger partial charge in [-0.15, -0.1) is 0 Å². The van der Waals surface area contributed by atoms with E-state index in [0.717, 1.165) is 54.1 Å². The first kappa shape index (κ1) is 36.6. The van der Waals surface area contributed by atoms with Gasteiger partial charge in [0.15, 0.2) is 11.5 Å². The highest BCUT2D eigenvalue weighted by Crippen LogP contribution is 2.34. The summed E-state index contributed by atoms with van der Waals surface area (Å²) in [6.45, 7) is 1.76. The molecule has 1 fully saturated rings. The van der Waals surface area contributed by atoms with Crippen molar-refractivity contribution < 1.29 is 50.9 Å². The molecule has 0 spiro atoms. The first-order valence-electron chi connectivity index (χ1n) is 13.4. The summed E-state index contributed by atoms with van der Waals surface area (Å²) in [7, 11) is 1.62. The van der Waals surface area contributed by atoms with Gasteiger partial charge in [-0.25, -0.2) is 19.6 Å². The third-order valence-electron chi connectivity index (χ3n) is 6.61. The van der Waals surface area contributed by atoms with Gasteiger partial charge in [0.25, 0.3) is 0 Å². The molecule has 0 radical (unpaired) electrons. The molecule has 0 aliphatic carbocycles. The van der Waals surface area contributed by atoms with Crippen LogP contribution in [0.1, 0.15) is 24.1 Å². The topological polar surface area (TPSA) is 182 Å². The zero-order valence-corrected chi connectivity index (χ0v) is 25.1. The van der Waals surface area contributed by atoms with E-state index in [1.165, 1.54) is 0 Å². The molecule has 6 N–H and O–H groups in total. The average Bonchev–Trinajstić information content (AvgIpc) is 3.40. The fraction of sp³-hybridized carbons (Fsp3) is 0.321. The number of carboxylic acid groups (broad SMARTS) is 2. The van der Waals surface area contributed by atoms with Gasteiger partial charge in [0.1, 0.15) is 5.75 Å². The zero-order chi connectivity index (χ0) is 35.1. The smallest absolute Gasteiger partial charge is 0.490 e. The van der Waals surface area contributed by atoms with Gasteiger partial charge in [-0.1, -0.05) is 11.6 Å². The van der Waals surface area contributed by atoms with Crippen molar-refractivity contribution in [2.75, 3.05) is 30.8 Å². The van der Waals surface area contributed by atoms with Crippen LogP contribution in [0, 0.1) is 0 Å². The Morgan fingerprint density at radius 3 is 2.23 bits per heavy atom. The fourth-order valence-corrected chi connectivity index (χ4v) is 4.71. The number of aromatic nitrogens is 4. The number of fused-ring (bicyclic) bond motifs is 1. The number of piperidine rings is 1. The predicted molar refractivity (Wildman–Crippen MR) is 158 cm³/mol. The molecule has 5 rings (SSSR count). The normalized spacial score (nSPS) is 14.8. The molecule has 4 heterocycles. The van der Waals surface area contributed by atoms with Crippen LogP contribution in [0.2, 0.25) is 5.02 Å². The molecule has 47 heavy (non-hydrogen) atoms. The number of hydrogen-bond donors (Lipinski definition) is 4. The third kappa shape index (κ3) is 9.82. The molecule has 254 valence electrons. The molecule has 12 nitrogen and oxygen atoms in total. The number of hydrogen-bond acceptors (Lipinski definition) is 9. The van der Waals surface area contributed by atoms with Crippen molar-refractivity contribution in [1.29, 1.82) is 0 Å². The van der Waals surface area contributed by atoms with E-state index in [-0.39, 0.29) is 6.04 Å². The van der Waals surface area contributed by atoms with Crippen LogP contribution < -0.4 is 21.1 Å². The first-order valence-corrected chi connectivity index (χ1v) is 13.8. The number of nitrogens with two attached hydrogens (primary N) is 2. The summed E-state index contributed by atoms with van der Waals surface area (Å²) >= 11 is 6.56. The number of rotatable bonds is 5. The summed E-state index contributed by atoms with van der Waals surface area (Å²) in [6.07, 6.45) is -0.0695. The number of halogens is 7. The maximum absolute atomic E-state index is 10.6. The Morgan fingerprint density at radius 2 is 1.68 bits per heavy atom. The minimum atomic E-state index is -5.08. The SMILES string of the molecule is COc1ccc(-c2cc(Cc3cnc4c(N)nccn34)c(N3CCC[C@@H](N)C3)cn2)c(Cl)c1.O=C(O)C(F)(F)F.O=C(O)C(F)(F)F. The lowest BCUT2D eigenvalue weighted by Crippen LogP contribution is -2.43. The van der Waals surface area contributed by atoms with Gasteiger partial charge in [0, 0.05) is 55.4 Å². The van der Waals surface area contributed by atoms with E-state index in [0.29, 0.717) is 28.7 Å². The molecule has 1 aromatic carbocycles. The Morgan fingerprint density at radius 1 is 1.04 bits per heavy atom. The van der Waals surface area contributed by atoms with E-state index in [4.69, 9.17) is 52.6 Å². The van der Waals surface area contributed by atoms with Gasteiger partial charge in [0.05, 0.1) is 29.7 Å². The molecule has 1 aliphatic rings. The minimum absolute atomic E-state index is 0.156. The Balaban J connectivity index is 0.000000360. The van der Waals surface area contributed by atoms with Crippen molar-refractivity contribution in [2.24, 2.45) is 5.73 Å². The van der Waals surface area contributed by atoms with Gasteiger partial charge in [-0.3, -0.25) is 9.38 Å². The van der Waals surface area contributed by atoms with E-state index in [1.807, 2.05) is 35.1 Å². The van der Waals surface area contributed by atoms with E-state index in [2.05, 4.69) is 20.9 Å². The van der Waals surface area contributed by atoms with Gasteiger partial charge in [-0.2, -0.15) is 26.3 Å². The van der Waals surface area contributed by atoms with E-state index >= 15 is 0 Å². The summed E-state index contributed by atoms with van der Waals surface area (Å²) in [5.41, 5.74) is 17.8. The van der Waals surface area contributed by atoms with Crippen LogP contribution in [-0.2, 0) is 16.0 Å². The standard InChI is InChI=1S/C24H26ClN7O.2C2HF3O2/c1-33-18-4-5-19(20(25)11-18)21-10-15(22(13-29-21)31-7-2-3-16(26)14-31)9-17-12-30-24-23(27)28-6-8-32(17)24;2*3-2(4,5)1(6)7/h4-6,8,10-13,16H,2-3,7,9,14,26H2,1H3,(H2,27,28);2*(H,6,7)/t16-;;/m1../s1. The third-order valence-corrected chi connectivity index (χ3v) is 6.92. The molecule has 4 aromatic rings. The lowest BCUT2D eigenvalue weighted by Gasteiger charge is -2.34. The Bertz CT molecular complexity index is 1690. The maximum atomic E-state index is 10.6. The highest BCUT2D eigenvalue weighted by molar-refractivity contribution is 6.33.